The molecule has 0 bridgehead atoms. The zero-order chi connectivity index (χ0) is 12.3. The maximum absolute atomic E-state index is 10.9. The van der Waals surface area contributed by atoms with Crippen LogP contribution in [-0.2, 0) is 0 Å². The van der Waals surface area contributed by atoms with Crippen LogP contribution in [0.4, 0.5) is 17.1 Å². The Morgan fingerprint density at radius 3 is 2.65 bits per heavy atom. The number of hydrogen-bond donors (Lipinski definition) is 0. The van der Waals surface area contributed by atoms with Crippen molar-refractivity contribution in [3.63, 3.8) is 0 Å². The van der Waals surface area contributed by atoms with Gasteiger partial charge in [0.1, 0.15) is 5.69 Å². The molecule has 86 valence electrons. The minimum Gasteiger partial charge on any atom is -0.338 e. The van der Waals surface area contributed by atoms with Gasteiger partial charge in [-0.2, -0.15) is 0 Å². The Morgan fingerprint density at radius 2 is 2.00 bits per heavy atom. The zero-order valence-corrected chi connectivity index (χ0v) is 9.28. The Labute approximate surface area is 98.5 Å². The quantitative estimate of drug-likeness (QED) is 0.599. The van der Waals surface area contributed by atoms with Gasteiger partial charge in [-0.3, -0.25) is 15.1 Å². The minimum atomic E-state index is -0.387. The van der Waals surface area contributed by atoms with Crippen LogP contribution in [0.25, 0.3) is 0 Å². The predicted molar refractivity (Wildman–Crippen MR) is 65.4 cm³/mol. The molecule has 1 heterocycles. The van der Waals surface area contributed by atoms with Crippen molar-refractivity contribution in [2.24, 2.45) is 0 Å². The van der Waals surface area contributed by atoms with Gasteiger partial charge >= 0.3 is 0 Å². The van der Waals surface area contributed by atoms with Gasteiger partial charge in [0.25, 0.3) is 5.69 Å². The summed E-state index contributed by atoms with van der Waals surface area (Å²) in [4.78, 5) is 16.3. The summed E-state index contributed by atoms with van der Waals surface area (Å²) in [6.07, 6.45) is 3.33. The summed E-state index contributed by atoms with van der Waals surface area (Å²) < 4.78 is 0. The highest BCUT2D eigenvalue weighted by Crippen LogP contribution is 2.31. The molecule has 0 radical (unpaired) electrons. The summed E-state index contributed by atoms with van der Waals surface area (Å²) in [5.74, 6) is 0. The number of benzene rings is 1. The summed E-state index contributed by atoms with van der Waals surface area (Å²) in [6.45, 7) is 0. The number of para-hydroxylation sites is 2. The van der Waals surface area contributed by atoms with E-state index in [4.69, 9.17) is 0 Å². The van der Waals surface area contributed by atoms with Gasteiger partial charge in [0.05, 0.1) is 16.8 Å². The number of nitrogens with zero attached hydrogens (tertiary/aromatic N) is 3. The average molecular weight is 229 g/mol. The first kappa shape index (κ1) is 11.1. The highest BCUT2D eigenvalue weighted by atomic mass is 16.6. The summed E-state index contributed by atoms with van der Waals surface area (Å²) in [5, 5.41) is 10.9. The molecule has 0 aliphatic carbocycles. The van der Waals surface area contributed by atoms with Crippen molar-refractivity contribution < 1.29 is 4.92 Å². The van der Waals surface area contributed by atoms with E-state index in [2.05, 4.69) is 4.98 Å². The highest BCUT2D eigenvalue weighted by molar-refractivity contribution is 5.70. The molecule has 0 aliphatic heterocycles. The lowest BCUT2D eigenvalue weighted by molar-refractivity contribution is -0.384. The van der Waals surface area contributed by atoms with E-state index in [1.165, 1.54) is 6.07 Å². The summed E-state index contributed by atoms with van der Waals surface area (Å²) in [7, 11) is 1.78. The van der Waals surface area contributed by atoms with Crippen molar-refractivity contribution in [2.45, 2.75) is 0 Å². The number of anilines is 2. The Bertz CT molecular complexity index is 528. The Balaban J connectivity index is 2.44. The molecule has 0 saturated carbocycles. The predicted octanol–water partition coefficient (Wildman–Crippen LogP) is 2.76. The molecule has 0 saturated heterocycles. The lowest BCUT2D eigenvalue weighted by Crippen LogP contribution is -2.11. The van der Waals surface area contributed by atoms with Gasteiger partial charge in [0.2, 0.25) is 0 Å². The van der Waals surface area contributed by atoms with Crippen LogP contribution in [0, 0.1) is 10.1 Å². The molecular weight excluding hydrogens is 218 g/mol. The molecule has 2 rings (SSSR count). The first-order valence-electron chi connectivity index (χ1n) is 5.07. The molecule has 0 amide bonds. The molecule has 0 spiro atoms. The second-order valence-electron chi connectivity index (χ2n) is 3.52. The van der Waals surface area contributed by atoms with Gasteiger partial charge in [-0.25, -0.2) is 0 Å². The van der Waals surface area contributed by atoms with Gasteiger partial charge in [-0.1, -0.05) is 12.1 Å². The molecule has 1 aromatic heterocycles. The number of hydrogen-bond acceptors (Lipinski definition) is 4. The van der Waals surface area contributed by atoms with Crippen LogP contribution in [0.5, 0.6) is 0 Å². The number of nitro benzene ring substituents is 1. The molecule has 0 aliphatic rings. The third-order valence-electron chi connectivity index (χ3n) is 2.47. The van der Waals surface area contributed by atoms with Crippen LogP contribution in [0.15, 0.2) is 48.8 Å². The maximum atomic E-state index is 10.9. The highest BCUT2D eigenvalue weighted by Gasteiger charge is 2.16. The molecule has 1 aromatic carbocycles. The molecule has 5 nitrogen and oxygen atoms in total. The Hall–Kier alpha value is -2.43. The summed E-state index contributed by atoms with van der Waals surface area (Å²) in [6, 6.07) is 10.3. The van der Waals surface area contributed by atoms with E-state index in [-0.39, 0.29) is 10.6 Å². The third kappa shape index (κ3) is 2.23. The minimum absolute atomic E-state index is 0.0823. The van der Waals surface area contributed by atoms with Crippen LogP contribution in [0.1, 0.15) is 0 Å². The number of aromatic nitrogens is 1. The van der Waals surface area contributed by atoms with E-state index in [9.17, 15) is 10.1 Å². The van der Waals surface area contributed by atoms with Crippen LogP contribution >= 0.6 is 0 Å². The van der Waals surface area contributed by atoms with Gasteiger partial charge in [-0.15, -0.1) is 0 Å². The standard InChI is InChI=1S/C12H11N3O2/c1-14(10-5-4-8-13-9-10)11-6-2-3-7-12(11)15(16)17/h2-9H,1H3. The van der Waals surface area contributed by atoms with Crippen LogP contribution in [0.3, 0.4) is 0 Å². The number of nitro groups is 1. The molecular formula is C12H11N3O2. The summed E-state index contributed by atoms with van der Waals surface area (Å²) in [5.41, 5.74) is 1.44. The topological polar surface area (TPSA) is 59.3 Å². The first-order chi connectivity index (χ1) is 8.20. The molecule has 0 N–H and O–H groups in total. The fraction of sp³-hybridized carbons (Fsp3) is 0.0833. The molecule has 5 heteroatoms. The van der Waals surface area contributed by atoms with Crippen LogP contribution < -0.4 is 4.90 Å². The molecule has 17 heavy (non-hydrogen) atoms. The fourth-order valence-corrected chi connectivity index (χ4v) is 1.59. The average Bonchev–Trinajstić information content (AvgIpc) is 2.39. The molecule has 0 unspecified atom stereocenters. The van der Waals surface area contributed by atoms with Crippen molar-refractivity contribution >= 4 is 17.1 Å². The SMILES string of the molecule is CN(c1cccnc1)c1ccccc1[N+](=O)[O-]. The van der Waals surface area contributed by atoms with E-state index in [1.54, 1.807) is 48.6 Å². The van der Waals surface area contributed by atoms with E-state index >= 15 is 0 Å². The van der Waals surface area contributed by atoms with E-state index in [1.807, 2.05) is 6.07 Å². The van der Waals surface area contributed by atoms with E-state index in [0.717, 1.165) is 5.69 Å². The maximum Gasteiger partial charge on any atom is 0.292 e. The van der Waals surface area contributed by atoms with Crippen LogP contribution in [-0.4, -0.2) is 17.0 Å². The first-order valence-corrected chi connectivity index (χ1v) is 5.07. The largest absolute Gasteiger partial charge is 0.338 e. The fourth-order valence-electron chi connectivity index (χ4n) is 1.59. The molecule has 2 aromatic rings. The normalized spacial score (nSPS) is 9.94. The van der Waals surface area contributed by atoms with Gasteiger partial charge < -0.3 is 4.90 Å². The Kier molecular flexibility index (Phi) is 3.00. The number of rotatable bonds is 3. The van der Waals surface area contributed by atoms with Crippen molar-refractivity contribution in [2.75, 3.05) is 11.9 Å². The second-order valence-corrected chi connectivity index (χ2v) is 3.52. The molecule has 0 atom stereocenters. The van der Waals surface area contributed by atoms with Crippen molar-refractivity contribution in [1.82, 2.24) is 4.98 Å². The van der Waals surface area contributed by atoms with Crippen molar-refractivity contribution in [1.29, 1.82) is 0 Å². The molecule has 0 fully saturated rings. The lowest BCUT2D eigenvalue weighted by atomic mass is 10.2. The lowest BCUT2D eigenvalue weighted by Gasteiger charge is -2.18. The van der Waals surface area contributed by atoms with Gasteiger partial charge in [0.15, 0.2) is 0 Å². The Morgan fingerprint density at radius 1 is 1.24 bits per heavy atom. The monoisotopic (exact) mass is 229 g/mol. The van der Waals surface area contributed by atoms with Gasteiger partial charge in [0, 0.05) is 19.3 Å². The van der Waals surface area contributed by atoms with Crippen molar-refractivity contribution in [3.8, 4) is 0 Å². The summed E-state index contributed by atoms with van der Waals surface area (Å²) >= 11 is 0. The smallest absolute Gasteiger partial charge is 0.292 e. The van der Waals surface area contributed by atoms with E-state index in [0.29, 0.717) is 5.69 Å². The van der Waals surface area contributed by atoms with E-state index < -0.39 is 0 Å². The third-order valence-corrected chi connectivity index (χ3v) is 2.47. The van der Waals surface area contributed by atoms with Crippen LogP contribution in [0.2, 0.25) is 0 Å². The second kappa shape index (κ2) is 4.61. The zero-order valence-electron chi connectivity index (χ0n) is 9.28. The van der Waals surface area contributed by atoms with Crippen molar-refractivity contribution in [3.05, 3.63) is 58.9 Å². The van der Waals surface area contributed by atoms with Gasteiger partial charge in [-0.05, 0) is 18.2 Å². The number of pyridine rings is 1.